The summed E-state index contributed by atoms with van der Waals surface area (Å²) in [7, 11) is -1.53. The second kappa shape index (κ2) is 3.81. The summed E-state index contributed by atoms with van der Waals surface area (Å²) in [5, 5.41) is 10.9. The minimum atomic E-state index is -3.19. The Labute approximate surface area is 54.8 Å². The molecular formula is C4H11NO3S. The van der Waals surface area contributed by atoms with E-state index in [0.717, 1.165) is 0 Å². The molecule has 0 aromatic heterocycles. The first kappa shape index (κ1) is 8.87. The highest BCUT2D eigenvalue weighted by molar-refractivity contribution is 7.91. The molecule has 4 nitrogen and oxygen atoms in total. The van der Waals surface area contributed by atoms with Crippen LogP contribution in [0, 0.1) is 0 Å². The van der Waals surface area contributed by atoms with Gasteiger partial charge >= 0.3 is 0 Å². The van der Waals surface area contributed by atoms with E-state index < -0.39 is 15.8 Å². The standard InChI is InChI=1S/C4H11NO3S/c1-5-2-3-9(7,8)4-6/h5-6H,2-4H2,1H3. The van der Waals surface area contributed by atoms with Crippen LogP contribution in [0.3, 0.4) is 0 Å². The Morgan fingerprint density at radius 1 is 1.56 bits per heavy atom. The smallest absolute Gasteiger partial charge is 0.175 e. The van der Waals surface area contributed by atoms with Gasteiger partial charge in [-0.25, -0.2) is 8.42 Å². The average Bonchev–Trinajstić information content (AvgIpc) is 1.84. The van der Waals surface area contributed by atoms with Crippen LogP contribution in [-0.4, -0.2) is 38.8 Å². The minimum Gasteiger partial charge on any atom is -0.380 e. The van der Waals surface area contributed by atoms with Gasteiger partial charge in [-0.2, -0.15) is 0 Å². The molecule has 2 N–H and O–H groups in total. The van der Waals surface area contributed by atoms with Gasteiger partial charge in [-0.15, -0.1) is 0 Å². The van der Waals surface area contributed by atoms with Gasteiger partial charge in [0.15, 0.2) is 9.84 Å². The van der Waals surface area contributed by atoms with Gasteiger partial charge < -0.3 is 10.4 Å². The Hall–Kier alpha value is -0.130. The van der Waals surface area contributed by atoms with Crippen molar-refractivity contribution in [1.29, 1.82) is 0 Å². The zero-order valence-electron chi connectivity index (χ0n) is 5.29. The monoisotopic (exact) mass is 153 g/mol. The van der Waals surface area contributed by atoms with Crippen molar-refractivity contribution in [3.05, 3.63) is 0 Å². The third-order valence-corrected chi connectivity index (χ3v) is 2.08. The number of nitrogens with one attached hydrogen (secondary N) is 1. The molecule has 0 amide bonds. The lowest BCUT2D eigenvalue weighted by Gasteiger charge is -1.97. The molecule has 0 aliphatic carbocycles. The quantitative estimate of drug-likeness (QED) is 0.519. The number of aliphatic hydroxyl groups is 1. The first-order valence-electron chi connectivity index (χ1n) is 2.58. The molecule has 0 heterocycles. The number of rotatable bonds is 4. The summed E-state index contributed by atoms with van der Waals surface area (Å²) in [5.41, 5.74) is 0. The van der Waals surface area contributed by atoms with Crippen molar-refractivity contribution in [3.8, 4) is 0 Å². The fourth-order valence-electron chi connectivity index (χ4n) is 0.322. The van der Waals surface area contributed by atoms with Gasteiger partial charge in [0.2, 0.25) is 0 Å². The normalized spacial score (nSPS) is 11.8. The lowest BCUT2D eigenvalue weighted by atomic mass is 10.8. The van der Waals surface area contributed by atoms with E-state index >= 15 is 0 Å². The number of hydrogen-bond acceptors (Lipinski definition) is 4. The van der Waals surface area contributed by atoms with E-state index in [1.165, 1.54) is 0 Å². The Bertz CT molecular complexity index is 151. The first-order valence-corrected chi connectivity index (χ1v) is 4.40. The van der Waals surface area contributed by atoms with Gasteiger partial charge in [-0.05, 0) is 7.05 Å². The first-order chi connectivity index (χ1) is 4.12. The van der Waals surface area contributed by atoms with Gasteiger partial charge in [0.1, 0.15) is 5.94 Å². The van der Waals surface area contributed by atoms with Crippen LogP contribution < -0.4 is 5.32 Å². The van der Waals surface area contributed by atoms with Crippen molar-refractivity contribution in [2.45, 2.75) is 0 Å². The number of sulfone groups is 1. The third kappa shape index (κ3) is 4.38. The summed E-state index contributed by atoms with van der Waals surface area (Å²) < 4.78 is 20.9. The highest BCUT2D eigenvalue weighted by atomic mass is 32.2. The van der Waals surface area contributed by atoms with E-state index in [4.69, 9.17) is 5.11 Å². The van der Waals surface area contributed by atoms with Crippen LogP contribution in [0.25, 0.3) is 0 Å². The number of hydrogen-bond donors (Lipinski definition) is 2. The minimum absolute atomic E-state index is 0. The molecule has 0 atom stereocenters. The van der Waals surface area contributed by atoms with Gasteiger partial charge in [-0.1, -0.05) is 0 Å². The second-order valence-electron chi connectivity index (χ2n) is 1.68. The van der Waals surface area contributed by atoms with Gasteiger partial charge in [0, 0.05) is 6.54 Å². The van der Waals surface area contributed by atoms with Crippen molar-refractivity contribution in [3.63, 3.8) is 0 Å². The molecule has 0 aromatic carbocycles. The summed E-state index contributed by atoms with van der Waals surface area (Å²) >= 11 is 0. The summed E-state index contributed by atoms with van der Waals surface area (Å²) in [5.74, 6) is -0.755. The fourth-order valence-corrected chi connectivity index (χ4v) is 0.966. The third-order valence-electron chi connectivity index (χ3n) is 0.860. The summed E-state index contributed by atoms with van der Waals surface area (Å²) in [6, 6.07) is 0. The highest BCUT2D eigenvalue weighted by Gasteiger charge is 2.05. The zero-order valence-corrected chi connectivity index (χ0v) is 6.11. The van der Waals surface area contributed by atoms with E-state index in [0.29, 0.717) is 6.54 Å². The summed E-state index contributed by atoms with van der Waals surface area (Å²) in [6.45, 7) is 0.392. The van der Waals surface area contributed by atoms with Crippen LogP contribution >= 0.6 is 0 Å². The van der Waals surface area contributed by atoms with Crippen LogP contribution in [0.4, 0.5) is 0 Å². The molecule has 0 aliphatic rings. The second-order valence-corrected chi connectivity index (χ2v) is 3.83. The Morgan fingerprint density at radius 3 is 2.44 bits per heavy atom. The Kier molecular flexibility index (Phi) is 3.76. The van der Waals surface area contributed by atoms with Gasteiger partial charge in [-0.3, -0.25) is 0 Å². The maximum absolute atomic E-state index is 10.5. The Balaban J connectivity index is 3.61. The van der Waals surface area contributed by atoms with Crippen LogP contribution in [0.1, 0.15) is 0 Å². The van der Waals surface area contributed by atoms with Crippen molar-refractivity contribution in [2.75, 3.05) is 25.3 Å². The van der Waals surface area contributed by atoms with Gasteiger partial charge in [0.25, 0.3) is 0 Å². The SMILES string of the molecule is CNCCS(=O)(=O)CO. The molecule has 0 rings (SSSR count). The Morgan fingerprint density at radius 2 is 2.11 bits per heavy atom. The zero-order chi connectivity index (χ0) is 7.33. The predicted molar refractivity (Wildman–Crippen MR) is 34.8 cm³/mol. The largest absolute Gasteiger partial charge is 0.380 e. The average molecular weight is 153 g/mol. The predicted octanol–water partition coefficient (Wildman–Crippen LogP) is -1.43. The van der Waals surface area contributed by atoms with E-state index in [9.17, 15) is 8.42 Å². The van der Waals surface area contributed by atoms with Crippen molar-refractivity contribution >= 4 is 9.84 Å². The van der Waals surface area contributed by atoms with E-state index in [-0.39, 0.29) is 5.75 Å². The van der Waals surface area contributed by atoms with Crippen molar-refractivity contribution in [2.24, 2.45) is 0 Å². The molecule has 0 saturated heterocycles. The molecular weight excluding hydrogens is 142 g/mol. The molecule has 9 heavy (non-hydrogen) atoms. The summed E-state index contributed by atoms with van der Waals surface area (Å²) in [4.78, 5) is 0. The molecule has 56 valence electrons. The molecule has 5 heteroatoms. The van der Waals surface area contributed by atoms with Crippen molar-refractivity contribution < 1.29 is 13.5 Å². The van der Waals surface area contributed by atoms with Crippen molar-refractivity contribution in [1.82, 2.24) is 5.32 Å². The highest BCUT2D eigenvalue weighted by Crippen LogP contribution is 1.83. The van der Waals surface area contributed by atoms with Crippen LogP contribution in [0.2, 0.25) is 0 Å². The lowest BCUT2D eigenvalue weighted by molar-refractivity contribution is 0.358. The van der Waals surface area contributed by atoms with Crippen LogP contribution in [0.5, 0.6) is 0 Å². The summed E-state index contributed by atoms with van der Waals surface area (Å²) in [6.07, 6.45) is 0. The molecule has 0 bridgehead atoms. The maximum Gasteiger partial charge on any atom is 0.175 e. The maximum atomic E-state index is 10.5. The van der Waals surface area contributed by atoms with Crippen LogP contribution in [-0.2, 0) is 9.84 Å². The molecule has 0 radical (unpaired) electrons. The number of aliphatic hydroxyl groups excluding tert-OH is 1. The fraction of sp³-hybridized carbons (Fsp3) is 1.00. The van der Waals surface area contributed by atoms with Crippen LogP contribution in [0.15, 0.2) is 0 Å². The molecule has 0 aliphatic heterocycles. The molecule has 0 spiro atoms. The van der Waals surface area contributed by atoms with E-state index in [1.807, 2.05) is 0 Å². The van der Waals surface area contributed by atoms with Gasteiger partial charge in [0.05, 0.1) is 5.75 Å². The lowest BCUT2D eigenvalue weighted by Crippen LogP contribution is -2.21. The molecule has 0 aromatic rings. The molecule has 0 unspecified atom stereocenters. The van der Waals surface area contributed by atoms with E-state index in [2.05, 4.69) is 5.32 Å². The molecule has 0 saturated carbocycles. The molecule has 0 fully saturated rings. The van der Waals surface area contributed by atoms with E-state index in [1.54, 1.807) is 7.05 Å². The topological polar surface area (TPSA) is 66.4 Å².